The normalized spacial score (nSPS) is 23.0. The fraction of sp³-hybridized carbons (Fsp3) is 0.529. The predicted molar refractivity (Wildman–Crippen MR) is 77.8 cm³/mol. The predicted octanol–water partition coefficient (Wildman–Crippen LogP) is 1.63. The third-order valence-corrected chi connectivity index (χ3v) is 4.75. The Morgan fingerprint density at radius 3 is 2.50 bits per heavy atom. The van der Waals surface area contributed by atoms with Gasteiger partial charge in [0, 0.05) is 6.54 Å². The van der Waals surface area contributed by atoms with E-state index < -0.39 is 23.7 Å². The van der Waals surface area contributed by atoms with Gasteiger partial charge in [0.1, 0.15) is 5.60 Å². The summed E-state index contributed by atoms with van der Waals surface area (Å²) in [6, 6.07) is 6.61. The summed E-state index contributed by atoms with van der Waals surface area (Å²) >= 11 is 0. The topological polar surface area (TPSA) is 69.7 Å². The molecule has 1 aromatic carbocycles. The van der Waals surface area contributed by atoms with Crippen molar-refractivity contribution >= 4 is 12.1 Å². The van der Waals surface area contributed by atoms with Crippen LogP contribution in [-0.4, -0.2) is 28.6 Å². The van der Waals surface area contributed by atoms with Crippen molar-refractivity contribution in [2.75, 3.05) is 0 Å². The second-order valence-corrected chi connectivity index (χ2v) is 6.46. The lowest BCUT2D eigenvalue weighted by Crippen LogP contribution is -2.54. The number of hydrogen-bond donors (Lipinski definition) is 0. The van der Waals surface area contributed by atoms with E-state index in [2.05, 4.69) is 0 Å². The standard InChI is InChI=1S/C17H21NO4/c1-17(8-4-5-9-17)22-16(21)18-11-13-7-3-2-6-12(13)10-14(18)15(19)20/h2-3,6-7,14H,4-5,8-11H2,1H3,(H,19,20)/p-1. The number of carboxylic acids is 1. The number of carbonyl (C=O) groups is 2. The van der Waals surface area contributed by atoms with Crippen LogP contribution < -0.4 is 5.11 Å². The maximum Gasteiger partial charge on any atom is 0.411 e. The van der Waals surface area contributed by atoms with Crippen molar-refractivity contribution in [3.63, 3.8) is 0 Å². The van der Waals surface area contributed by atoms with E-state index >= 15 is 0 Å². The molecule has 0 N–H and O–H groups in total. The fourth-order valence-corrected chi connectivity index (χ4v) is 3.42. The second-order valence-electron chi connectivity index (χ2n) is 6.46. The minimum atomic E-state index is -1.23. The maximum absolute atomic E-state index is 12.5. The number of amides is 1. The number of nitrogens with zero attached hydrogens (tertiary/aromatic N) is 1. The molecule has 22 heavy (non-hydrogen) atoms. The average Bonchev–Trinajstić information content (AvgIpc) is 2.92. The molecule has 1 aliphatic heterocycles. The molecule has 1 atom stereocenters. The Balaban J connectivity index is 1.81. The minimum absolute atomic E-state index is 0.254. The molecule has 1 fully saturated rings. The van der Waals surface area contributed by atoms with Crippen LogP contribution in [0.15, 0.2) is 24.3 Å². The molecule has 2 aliphatic rings. The van der Waals surface area contributed by atoms with Crippen LogP contribution in [0.5, 0.6) is 0 Å². The summed E-state index contributed by atoms with van der Waals surface area (Å²) in [5.74, 6) is -1.23. The highest BCUT2D eigenvalue weighted by molar-refractivity contribution is 5.80. The van der Waals surface area contributed by atoms with Gasteiger partial charge in [-0.3, -0.25) is 4.90 Å². The first kappa shape index (κ1) is 14.9. The Morgan fingerprint density at radius 2 is 1.86 bits per heavy atom. The first-order valence-electron chi connectivity index (χ1n) is 7.76. The molecular weight excluding hydrogens is 282 g/mol. The molecule has 0 spiro atoms. The Morgan fingerprint density at radius 1 is 1.23 bits per heavy atom. The smallest absolute Gasteiger partial charge is 0.411 e. The zero-order valence-corrected chi connectivity index (χ0v) is 12.7. The van der Waals surface area contributed by atoms with Crippen LogP contribution in [0.4, 0.5) is 4.79 Å². The molecule has 5 nitrogen and oxygen atoms in total. The number of ether oxygens (including phenoxy) is 1. The molecular formula is C17H20NO4-. The van der Waals surface area contributed by atoms with Gasteiger partial charge >= 0.3 is 6.09 Å². The number of benzene rings is 1. The van der Waals surface area contributed by atoms with E-state index in [0.29, 0.717) is 0 Å². The molecule has 0 bridgehead atoms. The molecule has 118 valence electrons. The highest BCUT2D eigenvalue weighted by atomic mass is 16.6. The summed E-state index contributed by atoms with van der Waals surface area (Å²) in [7, 11) is 0. The highest BCUT2D eigenvalue weighted by Gasteiger charge is 2.37. The number of carbonyl (C=O) groups excluding carboxylic acids is 2. The fourth-order valence-electron chi connectivity index (χ4n) is 3.42. The Bertz CT molecular complexity index is 592. The van der Waals surface area contributed by atoms with Crippen LogP contribution >= 0.6 is 0 Å². The zero-order valence-electron chi connectivity index (χ0n) is 12.7. The molecule has 0 radical (unpaired) electrons. The summed E-state index contributed by atoms with van der Waals surface area (Å²) < 4.78 is 5.63. The third kappa shape index (κ3) is 2.80. The van der Waals surface area contributed by atoms with Crippen molar-refractivity contribution < 1.29 is 19.4 Å². The largest absolute Gasteiger partial charge is 0.548 e. The third-order valence-electron chi connectivity index (χ3n) is 4.75. The van der Waals surface area contributed by atoms with E-state index in [1.807, 2.05) is 31.2 Å². The quantitative estimate of drug-likeness (QED) is 0.832. The van der Waals surface area contributed by atoms with Gasteiger partial charge in [-0.25, -0.2) is 4.79 Å². The Labute approximate surface area is 129 Å². The lowest BCUT2D eigenvalue weighted by molar-refractivity contribution is -0.311. The van der Waals surface area contributed by atoms with Crippen molar-refractivity contribution in [1.29, 1.82) is 0 Å². The van der Waals surface area contributed by atoms with Crippen molar-refractivity contribution in [2.45, 2.75) is 57.2 Å². The number of hydrogen-bond acceptors (Lipinski definition) is 4. The van der Waals surface area contributed by atoms with E-state index in [-0.39, 0.29) is 13.0 Å². The summed E-state index contributed by atoms with van der Waals surface area (Å²) in [6.07, 6.45) is 3.46. The van der Waals surface area contributed by atoms with Crippen LogP contribution in [0.3, 0.4) is 0 Å². The molecule has 1 amide bonds. The van der Waals surface area contributed by atoms with Gasteiger partial charge < -0.3 is 14.6 Å². The van der Waals surface area contributed by atoms with Crippen LogP contribution in [-0.2, 0) is 22.5 Å². The van der Waals surface area contributed by atoms with E-state index in [4.69, 9.17) is 4.74 Å². The van der Waals surface area contributed by atoms with Gasteiger partial charge in [0.25, 0.3) is 0 Å². The Kier molecular flexibility index (Phi) is 3.81. The van der Waals surface area contributed by atoms with Crippen molar-refractivity contribution in [3.05, 3.63) is 35.4 Å². The van der Waals surface area contributed by atoms with Crippen molar-refractivity contribution in [2.24, 2.45) is 0 Å². The van der Waals surface area contributed by atoms with Gasteiger partial charge in [0.15, 0.2) is 0 Å². The lowest BCUT2D eigenvalue weighted by Gasteiger charge is -2.38. The van der Waals surface area contributed by atoms with Gasteiger partial charge in [-0.05, 0) is 50.2 Å². The van der Waals surface area contributed by atoms with E-state index in [9.17, 15) is 14.7 Å². The van der Waals surface area contributed by atoms with E-state index in [1.54, 1.807) is 0 Å². The number of aliphatic carboxylic acids is 1. The SMILES string of the molecule is CC1(OC(=O)N2Cc3ccccc3CC2C(=O)[O-])CCCC1. The van der Waals surface area contributed by atoms with Gasteiger partial charge in [-0.2, -0.15) is 0 Å². The summed E-state index contributed by atoms with van der Waals surface area (Å²) in [5, 5.41) is 11.4. The van der Waals surface area contributed by atoms with Gasteiger partial charge in [-0.1, -0.05) is 24.3 Å². The van der Waals surface area contributed by atoms with Gasteiger partial charge in [0.05, 0.1) is 12.0 Å². The molecule has 1 unspecified atom stereocenters. The average molecular weight is 302 g/mol. The lowest BCUT2D eigenvalue weighted by atomic mass is 9.94. The minimum Gasteiger partial charge on any atom is -0.548 e. The van der Waals surface area contributed by atoms with E-state index in [1.165, 1.54) is 4.90 Å². The molecule has 1 heterocycles. The molecule has 1 aliphatic carbocycles. The van der Waals surface area contributed by atoms with E-state index in [0.717, 1.165) is 36.8 Å². The first-order chi connectivity index (χ1) is 10.5. The molecule has 1 aromatic rings. The zero-order chi connectivity index (χ0) is 15.7. The number of rotatable bonds is 2. The van der Waals surface area contributed by atoms with Crippen LogP contribution in [0, 0.1) is 0 Å². The highest BCUT2D eigenvalue weighted by Crippen LogP contribution is 2.34. The van der Waals surface area contributed by atoms with Crippen molar-refractivity contribution in [1.82, 2.24) is 4.90 Å². The molecule has 1 saturated carbocycles. The first-order valence-corrected chi connectivity index (χ1v) is 7.76. The number of fused-ring (bicyclic) bond motifs is 1. The Hall–Kier alpha value is -2.04. The summed E-state index contributed by atoms with van der Waals surface area (Å²) in [6.45, 7) is 2.17. The molecule has 5 heteroatoms. The molecule has 0 saturated heterocycles. The summed E-state index contributed by atoms with van der Waals surface area (Å²) in [5.41, 5.74) is 1.45. The van der Waals surface area contributed by atoms with Crippen LogP contribution in [0.25, 0.3) is 0 Å². The van der Waals surface area contributed by atoms with Crippen molar-refractivity contribution in [3.8, 4) is 0 Å². The number of carboxylic acid groups (broad SMARTS) is 1. The molecule has 3 rings (SSSR count). The second kappa shape index (κ2) is 5.63. The summed E-state index contributed by atoms with van der Waals surface area (Å²) in [4.78, 5) is 25.2. The molecule has 0 aromatic heterocycles. The van der Waals surface area contributed by atoms with Crippen LogP contribution in [0.1, 0.15) is 43.7 Å². The maximum atomic E-state index is 12.5. The van der Waals surface area contributed by atoms with Gasteiger partial charge in [-0.15, -0.1) is 0 Å². The van der Waals surface area contributed by atoms with Crippen LogP contribution in [0.2, 0.25) is 0 Å². The van der Waals surface area contributed by atoms with Gasteiger partial charge in [0.2, 0.25) is 0 Å². The monoisotopic (exact) mass is 302 g/mol.